The van der Waals surface area contributed by atoms with Crippen LogP contribution >= 0.6 is 27.7 Å². The van der Waals surface area contributed by atoms with Crippen LogP contribution < -0.4 is 5.32 Å². The zero-order chi connectivity index (χ0) is 8.39. The first-order chi connectivity index (χ1) is 5.86. The molecule has 64 valence electrons. The van der Waals surface area contributed by atoms with E-state index in [-0.39, 0.29) is 0 Å². The zero-order valence-corrected chi connectivity index (χ0v) is 8.94. The van der Waals surface area contributed by atoms with Crippen LogP contribution in [0.4, 0.5) is 0 Å². The molecule has 1 saturated heterocycles. The van der Waals surface area contributed by atoms with Crippen molar-refractivity contribution in [1.82, 2.24) is 5.32 Å². The summed E-state index contributed by atoms with van der Waals surface area (Å²) in [7, 11) is 0. The lowest BCUT2D eigenvalue weighted by Gasteiger charge is -2.09. The van der Waals surface area contributed by atoms with Gasteiger partial charge in [0.15, 0.2) is 0 Å². The molecule has 1 heterocycles. The van der Waals surface area contributed by atoms with Gasteiger partial charge in [-0.1, -0.05) is 46.3 Å². The second kappa shape index (κ2) is 3.81. The largest absolute Gasteiger partial charge is 0.289 e. The Bertz CT molecular complexity index is 252. The molecule has 0 radical (unpaired) electrons. The van der Waals surface area contributed by atoms with Crippen molar-refractivity contribution < 1.29 is 0 Å². The van der Waals surface area contributed by atoms with E-state index in [4.69, 9.17) is 0 Å². The van der Waals surface area contributed by atoms with E-state index < -0.39 is 0 Å². The maximum Gasteiger partial charge on any atom is 0.0799 e. The highest BCUT2D eigenvalue weighted by molar-refractivity contribution is 9.09. The van der Waals surface area contributed by atoms with E-state index in [1.54, 1.807) is 0 Å². The first-order valence-corrected chi connectivity index (χ1v) is 5.89. The van der Waals surface area contributed by atoms with Crippen molar-refractivity contribution in [3.05, 3.63) is 35.9 Å². The third-order valence-electron chi connectivity index (χ3n) is 1.84. The van der Waals surface area contributed by atoms with Gasteiger partial charge in [-0.15, -0.1) is 11.8 Å². The number of nitrogens with one attached hydrogen (secondary N) is 1. The molecule has 1 aromatic rings. The van der Waals surface area contributed by atoms with E-state index in [9.17, 15) is 0 Å². The average molecular weight is 244 g/mol. The van der Waals surface area contributed by atoms with E-state index in [1.807, 2.05) is 11.8 Å². The number of halogens is 1. The number of benzene rings is 1. The van der Waals surface area contributed by atoms with Gasteiger partial charge >= 0.3 is 0 Å². The SMILES string of the molecule is BrC1CSC(c2ccccc2)N1. The van der Waals surface area contributed by atoms with Crippen molar-refractivity contribution in [2.24, 2.45) is 0 Å². The maximum atomic E-state index is 3.54. The predicted molar refractivity (Wildman–Crippen MR) is 57.5 cm³/mol. The molecule has 3 heteroatoms. The highest BCUT2D eigenvalue weighted by atomic mass is 79.9. The van der Waals surface area contributed by atoms with Crippen molar-refractivity contribution >= 4 is 27.7 Å². The van der Waals surface area contributed by atoms with Crippen LogP contribution in [0, 0.1) is 0 Å². The third-order valence-corrected chi connectivity index (χ3v) is 4.13. The van der Waals surface area contributed by atoms with E-state index >= 15 is 0 Å². The van der Waals surface area contributed by atoms with Gasteiger partial charge < -0.3 is 0 Å². The summed E-state index contributed by atoms with van der Waals surface area (Å²) in [6.45, 7) is 0. The Balaban J connectivity index is 2.11. The van der Waals surface area contributed by atoms with E-state index in [0.717, 1.165) is 5.75 Å². The molecule has 2 atom stereocenters. The monoisotopic (exact) mass is 243 g/mol. The van der Waals surface area contributed by atoms with Crippen molar-refractivity contribution in [2.45, 2.75) is 10.3 Å². The van der Waals surface area contributed by atoms with Crippen LogP contribution in [-0.2, 0) is 0 Å². The van der Waals surface area contributed by atoms with E-state index in [0.29, 0.717) is 10.3 Å². The number of hydrogen-bond donors (Lipinski definition) is 1. The Hall–Kier alpha value is 0.01000. The molecule has 2 unspecified atom stereocenters. The lowest BCUT2D eigenvalue weighted by molar-refractivity contribution is 0.723. The molecule has 1 nitrogen and oxygen atoms in total. The number of hydrogen-bond acceptors (Lipinski definition) is 2. The fraction of sp³-hybridized carbons (Fsp3) is 0.333. The summed E-state index contributed by atoms with van der Waals surface area (Å²) < 4.78 is 0. The van der Waals surface area contributed by atoms with Gasteiger partial charge in [-0.05, 0) is 5.56 Å². The van der Waals surface area contributed by atoms with E-state index in [1.165, 1.54) is 5.56 Å². The molecule has 0 saturated carbocycles. The molecular formula is C9H10BrNS. The van der Waals surface area contributed by atoms with Gasteiger partial charge in [0, 0.05) is 5.75 Å². The van der Waals surface area contributed by atoms with Crippen molar-refractivity contribution in [3.8, 4) is 0 Å². The fourth-order valence-electron chi connectivity index (χ4n) is 1.26. The Morgan fingerprint density at radius 3 is 2.67 bits per heavy atom. The normalized spacial score (nSPS) is 29.1. The van der Waals surface area contributed by atoms with Crippen LogP contribution in [0.3, 0.4) is 0 Å². The summed E-state index contributed by atoms with van der Waals surface area (Å²) in [4.78, 5) is 0.465. The van der Waals surface area contributed by atoms with Crippen LogP contribution in [-0.4, -0.2) is 10.7 Å². The molecule has 0 aliphatic carbocycles. The first-order valence-electron chi connectivity index (χ1n) is 3.93. The minimum Gasteiger partial charge on any atom is -0.289 e. The highest BCUT2D eigenvalue weighted by Gasteiger charge is 2.22. The number of thioether (sulfide) groups is 1. The van der Waals surface area contributed by atoms with Gasteiger partial charge in [0.25, 0.3) is 0 Å². The lowest BCUT2D eigenvalue weighted by Crippen LogP contribution is -2.18. The van der Waals surface area contributed by atoms with Crippen LogP contribution in [0.25, 0.3) is 0 Å². The molecule has 1 fully saturated rings. The zero-order valence-electron chi connectivity index (χ0n) is 6.53. The first kappa shape index (κ1) is 8.60. The molecule has 12 heavy (non-hydrogen) atoms. The van der Waals surface area contributed by atoms with Crippen LogP contribution in [0.5, 0.6) is 0 Å². The molecule has 1 aliphatic heterocycles. The molecule has 2 rings (SSSR count). The van der Waals surface area contributed by atoms with Crippen LogP contribution in [0.15, 0.2) is 30.3 Å². The van der Waals surface area contributed by atoms with E-state index in [2.05, 4.69) is 51.6 Å². The Morgan fingerprint density at radius 2 is 2.08 bits per heavy atom. The van der Waals surface area contributed by atoms with Gasteiger partial charge in [-0.2, -0.15) is 0 Å². The second-order valence-corrected chi connectivity index (χ2v) is 5.00. The molecule has 0 amide bonds. The van der Waals surface area contributed by atoms with Gasteiger partial charge in [0.1, 0.15) is 0 Å². The third kappa shape index (κ3) is 1.84. The van der Waals surface area contributed by atoms with Gasteiger partial charge in [-0.25, -0.2) is 0 Å². The Morgan fingerprint density at radius 1 is 1.33 bits per heavy atom. The molecular weight excluding hydrogens is 234 g/mol. The van der Waals surface area contributed by atoms with Crippen LogP contribution in [0.2, 0.25) is 0 Å². The smallest absolute Gasteiger partial charge is 0.0799 e. The summed E-state index contributed by atoms with van der Waals surface area (Å²) in [5, 5.41) is 3.92. The van der Waals surface area contributed by atoms with Crippen molar-refractivity contribution in [1.29, 1.82) is 0 Å². The van der Waals surface area contributed by atoms with Gasteiger partial charge in [0.2, 0.25) is 0 Å². The standard InChI is InChI=1S/C9H10BrNS/c10-8-6-12-9(11-8)7-4-2-1-3-5-7/h1-5,8-9,11H,6H2. The molecule has 1 aromatic carbocycles. The number of rotatable bonds is 1. The predicted octanol–water partition coefficient (Wildman–Crippen LogP) is 2.74. The van der Waals surface area contributed by atoms with Crippen molar-refractivity contribution in [2.75, 3.05) is 5.75 Å². The molecule has 1 aliphatic rings. The van der Waals surface area contributed by atoms with Gasteiger partial charge in [-0.3, -0.25) is 5.32 Å². The minimum atomic E-state index is 0.465. The minimum absolute atomic E-state index is 0.465. The quantitative estimate of drug-likeness (QED) is 0.602. The topological polar surface area (TPSA) is 12.0 Å². The molecule has 0 spiro atoms. The second-order valence-electron chi connectivity index (χ2n) is 2.76. The molecule has 0 aromatic heterocycles. The maximum absolute atomic E-state index is 3.54. The lowest BCUT2D eigenvalue weighted by atomic mass is 10.2. The van der Waals surface area contributed by atoms with Crippen LogP contribution in [0.1, 0.15) is 10.9 Å². The Kier molecular flexibility index (Phi) is 2.73. The summed E-state index contributed by atoms with van der Waals surface area (Å²) in [6.07, 6.45) is 0. The average Bonchev–Trinajstić information content (AvgIpc) is 2.54. The van der Waals surface area contributed by atoms with Gasteiger partial charge in [0.05, 0.1) is 10.3 Å². The summed E-state index contributed by atoms with van der Waals surface area (Å²) in [6, 6.07) is 10.5. The summed E-state index contributed by atoms with van der Waals surface area (Å²) in [5.41, 5.74) is 1.37. The molecule has 0 bridgehead atoms. The van der Waals surface area contributed by atoms with Crippen molar-refractivity contribution in [3.63, 3.8) is 0 Å². The number of alkyl halides is 1. The highest BCUT2D eigenvalue weighted by Crippen LogP contribution is 2.33. The molecule has 1 N–H and O–H groups in total. The summed E-state index contributed by atoms with van der Waals surface area (Å²) >= 11 is 5.49. The fourth-order valence-corrected chi connectivity index (χ4v) is 3.23. The Labute approximate surface area is 85.1 Å². The summed E-state index contributed by atoms with van der Waals surface area (Å²) in [5.74, 6) is 1.14.